The van der Waals surface area contributed by atoms with E-state index in [-0.39, 0.29) is 36.5 Å². The number of aromatic amines is 1. The SMILES string of the molecule is CC(C)(C)OC(=O)CC1CC(COC(=O)c2cc3ccc(C(=N)N)cc3[nH]2)NC1=O. The van der Waals surface area contributed by atoms with Crippen molar-refractivity contribution in [1.82, 2.24) is 10.3 Å². The molecule has 0 spiro atoms. The number of nitrogens with one attached hydrogen (secondary N) is 3. The molecule has 2 heterocycles. The Bertz CT molecular complexity index is 1000. The van der Waals surface area contributed by atoms with Gasteiger partial charge in [0.1, 0.15) is 23.7 Å². The number of nitrogen functional groups attached to an aromatic ring is 1. The third-order valence-electron chi connectivity index (χ3n) is 4.69. The first kappa shape index (κ1) is 21.4. The summed E-state index contributed by atoms with van der Waals surface area (Å²) in [5.41, 5.74) is 6.36. The highest BCUT2D eigenvalue weighted by Crippen LogP contribution is 2.22. The Morgan fingerprint density at radius 3 is 2.67 bits per heavy atom. The molecule has 3 rings (SSSR count). The van der Waals surface area contributed by atoms with Gasteiger partial charge >= 0.3 is 11.9 Å². The molecule has 2 unspecified atom stereocenters. The number of fused-ring (bicyclic) bond motifs is 1. The molecule has 160 valence electrons. The molecular formula is C21H26N4O5. The lowest BCUT2D eigenvalue weighted by molar-refractivity contribution is -0.157. The van der Waals surface area contributed by atoms with E-state index in [9.17, 15) is 14.4 Å². The Hall–Kier alpha value is -3.36. The molecule has 1 aromatic carbocycles. The van der Waals surface area contributed by atoms with Crippen LogP contribution in [0.25, 0.3) is 10.9 Å². The van der Waals surface area contributed by atoms with Crippen molar-refractivity contribution in [2.45, 2.75) is 45.3 Å². The van der Waals surface area contributed by atoms with Gasteiger partial charge in [0.05, 0.1) is 18.4 Å². The van der Waals surface area contributed by atoms with Crippen molar-refractivity contribution in [2.24, 2.45) is 11.7 Å². The van der Waals surface area contributed by atoms with Gasteiger partial charge in [0, 0.05) is 16.5 Å². The summed E-state index contributed by atoms with van der Waals surface area (Å²) in [7, 11) is 0. The van der Waals surface area contributed by atoms with Gasteiger partial charge in [0.15, 0.2) is 0 Å². The highest BCUT2D eigenvalue weighted by Gasteiger charge is 2.35. The van der Waals surface area contributed by atoms with E-state index in [1.165, 1.54) is 0 Å². The quantitative estimate of drug-likeness (QED) is 0.322. The van der Waals surface area contributed by atoms with Crippen molar-refractivity contribution >= 4 is 34.6 Å². The minimum atomic E-state index is -0.605. The number of ether oxygens (including phenoxy) is 2. The molecule has 9 nitrogen and oxygen atoms in total. The lowest BCUT2D eigenvalue weighted by Gasteiger charge is -2.20. The maximum atomic E-state index is 12.4. The van der Waals surface area contributed by atoms with Crippen LogP contribution in [-0.4, -0.2) is 46.9 Å². The maximum absolute atomic E-state index is 12.4. The van der Waals surface area contributed by atoms with Crippen molar-refractivity contribution in [3.8, 4) is 0 Å². The van der Waals surface area contributed by atoms with E-state index < -0.39 is 23.5 Å². The van der Waals surface area contributed by atoms with Crippen LogP contribution in [0.4, 0.5) is 0 Å². The van der Waals surface area contributed by atoms with Gasteiger partial charge < -0.3 is 25.5 Å². The summed E-state index contributed by atoms with van der Waals surface area (Å²) < 4.78 is 10.6. The molecule has 1 aliphatic rings. The number of H-pyrrole nitrogens is 1. The van der Waals surface area contributed by atoms with E-state index in [1.54, 1.807) is 45.0 Å². The van der Waals surface area contributed by atoms with Gasteiger partial charge in [-0.2, -0.15) is 0 Å². The van der Waals surface area contributed by atoms with E-state index in [0.29, 0.717) is 17.5 Å². The molecular weight excluding hydrogens is 388 g/mol. The Morgan fingerprint density at radius 2 is 2.00 bits per heavy atom. The number of aromatic nitrogens is 1. The molecule has 0 saturated carbocycles. The van der Waals surface area contributed by atoms with Gasteiger partial charge in [-0.05, 0) is 39.3 Å². The number of amides is 1. The fraction of sp³-hybridized carbons (Fsp3) is 0.429. The van der Waals surface area contributed by atoms with Gasteiger partial charge in [-0.1, -0.05) is 12.1 Å². The number of hydrogen-bond acceptors (Lipinski definition) is 6. The van der Waals surface area contributed by atoms with Crippen LogP contribution in [0.15, 0.2) is 24.3 Å². The van der Waals surface area contributed by atoms with Gasteiger partial charge in [-0.3, -0.25) is 15.0 Å². The zero-order valence-corrected chi connectivity index (χ0v) is 17.2. The molecule has 1 fully saturated rings. The smallest absolute Gasteiger partial charge is 0.354 e. The molecule has 9 heteroatoms. The molecule has 1 amide bonds. The van der Waals surface area contributed by atoms with Crippen LogP contribution >= 0.6 is 0 Å². The Kier molecular flexibility index (Phi) is 5.82. The monoisotopic (exact) mass is 414 g/mol. The second-order valence-corrected chi connectivity index (χ2v) is 8.43. The van der Waals surface area contributed by atoms with Crippen LogP contribution in [-0.2, 0) is 19.1 Å². The Balaban J connectivity index is 1.55. The number of esters is 2. The fourth-order valence-corrected chi connectivity index (χ4v) is 3.36. The topological polar surface area (TPSA) is 147 Å². The maximum Gasteiger partial charge on any atom is 0.354 e. The summed E-state index contributed by atoms with van der Waals surface area (Å²) in [4.78, 5) is 39.4. The zero-order chi connectivity index (χ0) is 22.1. The van der Waals surface area contributed by atoms with Crippen LogP contribution in [0.3, 0.4) is 0 Å². The number of carbonyl (C=O) groups excluding carboxylic acids is 3. The van der Waals surface area contributed by atoms with Crippen LogP contribution in [0.1, 0.15) is 49.7 Å². The normalized spacial score (nSPS) is 18.8. The van der Waals surface area contributed by atoms with Crippen LogP contribution in [0.5, 0.6) is 0 Å². The van der Waals surface area contributed by atoms with Crippen molar-refractivity contribution in [3.05, 3.63) is 35.5 Å². The van der Waals surface area contributed by atoms with Crippen LogP contribution in [0, 0.1) is 11.3 Å². The third-order valence-corrected chi connectivity index (χ3v) is 4.69. The first-order valence-electron chi connectivity index (χ1n) is 9.68. The van der Waals surface area contributed by atoms with Crippen molar-refractivity contribution in [2.75, 3.05) is 6.61 Å². The number of hydrogen-bond donors (Lipinski definition) is 4. The molecule has 1 aromatic heterocycles. The highest BCUT2D eigenvalue weighted by molar-refractivity contribution is 6.00. The first-order chi connectivity index (χ1) is 14.0. The summed E-state index contributed by atoms with van der Waals surface area (Å²) in [6.45, 7) is 5.32. The molecule has 0 aliphatic carbocycles. The molecule has 30 heavy (non-hydrogen) atoms. The first-order valence-corrected chi connectivity index (χ1v) is 9.68. The number of rotatable bonds is 6. The number of amidine groups is 1. The summed E-state index contributed by atoms with van der Waals surface area (Å²) in [6.07, 6.45) is 0.383. The predicted molar refractivity (Wildman–Crippen MR) is 110 cm³/mol. The van der Waals surface area contributed by atoms with Crippen molar-refractivity contribution in [3.63, 3.8) is 0 Å². The van der Waals surface area contributed by atoms with Gasteiger partial charge in [0.25, 0.3) is 0 Å². The van der Waals surface area contributed by atoms with Crippen LogP contribution in [0.2, 0.25) is 0 Å². The molecule has 2 aromatic rings. The average Bonchev–Trinajstić information content (AvgIpc) is 3.21. The largest absolute Gasteiger partial charge is 0.460 e. The second-order valence-electron chi connectivity index (χ2n) is 8.43. The molecule has 0 bridgehead atoms. The molecule has 2 atom stereocenters. The molecule has 0 radical (unpaired) electrons. The Labute approximate surface area is 173 Å². The predicted octanol–water partition coefficient (Wildman–Crippen LogP) is 1.85. The second kappa shape index (κ2) is 8.17. The molecule has 1 saturated heterocycles. The molecule has 5 N–H and O–H groups in total. The lowest BCUT2D eigenvalue weighted by Crippen LogP contribution is -2.31. The van der Waals surface area contributed by atoms with Gasteiger partial charge in [-0.15, -0.1) is 0 Å². The minimum Gasteiger partial charge on any atom is -0.460 e. The summed E-state index contributed by atoms with van der Waals surface area (Å²) >= 11 is 0. The fourth-order valence-electron chi connectivity index (χ4n) is 3.36. The minimum absolute atomic E-state index is 0.00343. The standard InChI is InChI=1S/C21H26N4O5/c1-21(2,3)30-17(26)9-13-6-14(24-19(13)27)10-29-20(28)16-7-11-4-5-12(18(22)23)8-15(11)25-16/h4-5,7-8,13-14,25H,6,9-10H2,1-3H3,(H3,22,23)(H,24,27). The van der Waals surface area contributed by atoms with E-state index in [4.69, 9.17) is 20.6 Å². The third kappa shape index (κ3) is 5.16. The lowest BCUT2D eigenvalue weighted by atomic mass is 10.0. The van der Waals surface area contributed by atoms with E-state index in [0.717, 1.165) is 5.39 Å². The van der Waals surface area contributed by atoms with Gasteiger partial charge in [-0.25, -0.2) is 4.79 Å². The zero-order valence-electron chi connectivity index (χ0n) is 17.2. The number of carbonyl (C=O) groups is 3. The molecule has 1 aliphatic heterocycles. The summed E-state index contributed by atoms with van der Waals surface area (Å²) in [5.74, 6) is -1.79. The summed E-state index contributed by atoms with van der Waals surface area (Å²) in [6, 6.07) is 6.44. The van der Waals surface area contributed by atoms with Crippen molar-refractivity contribution in [1.29, 1.82) is 5.41 Å². The Morgan fingerprint density at radius 1 is 1.27 bits per heavy atom. The summed E-state index contributed by atoms with van der Waals surface area (Å²) in [5, 5.41) is 11.0. The highest BCUT2D eigenvalue weighted by atomic mass is 16.6. The van der Waals surface area contributed by atoms with E-state index in [2.05, 4.69) is 10.3 Å². The van der Waals surface area contributed by atoms with E-state index >= 15 is 0 Å². The average molecular weight is 414 g/mol. The van der Waals surface area contributed by atoms with E-state index in [1.807, 2.05) is 0 Å². The van der Waals surface area contributed by atoms with Crippen molar-refractivity contribution < 1.29 is 23.9 Å². The van der Waals surface area contributed by atoms with Gasteiger partial charge in [0.2, 0.25) is 5.91 Å². The number of nitrogens with two attached hydrogens (primary N) is 1. The van der Waals surface area contributed by atoms with Crippen LogP contribution < -0.4 is 11.1 Å². The number of benzene rings is 1.